The largest absolute Gasteiger partial charge is 0.308 e. The lowest BCUT2D eigenvalue weighted by atomic mass is 9.79. The smallest absolute Gasteiger partial charge is 0.0634 e. The van der Waals surface area contributed by atoms with E-state index in [0.717, 1.165) is 0 Å². The van der Waals surface area contributed by atoms with Gasteiger partial charge in [-0.15, -0.1) is 0 Å². The van der Waals surface area contributed by atoms with E-state index in [2.05, 4.69) is 187 Å². The zero-order chi connectivity index (χ0) is 42.0. The van der Waals surface area contributed by atoms with Crippen LogP contribution in [-0.2, 0) is 21.7 Å². The maximum Gasteiger partial charge on any atom is 0.0634 e. The van der Waals surface area contributed by atoms with E-state index in [1.54, 1.807) is 0 Å². The van der Waals surface area contributed by atoms with Crippen LogP contribution in [0.15, 0.2) is 110 Å². The third kappa shape index (κ3) is 5.03. The van der Waals surface area contributed by atoms with Crippen molar-refractivity contribution in [3.8, 4) is 22.3 Å². The molecule has 298 valence electrons. The Kier molecular flexibility index (Phi) is 7.31. The molecule has 6 aromatic heterocycles. The van der Waals surface area contributed by atoms with Crippen molar-refractivity contribution in [3.05, 3.63) is 132 Å². The van der Waals surface area contributed by atoms with Gasteiger partial charge in [-0.2, -0.15) is 0 Å². The average Bonchev–Trinajstić information content (AvgIpc) is 3.92. The number of pyridine rings is 2. The molecule has 0 saturated heterocycles. The number of fused-ring (bicyclic) bond motifs is 14. The summed E-state index contributed by atoms with van der Waals surface area (Å²) >= 11 is 0. The monoisotopic (exact) mass is 782 g/mol. The molecule has 11 aromatic rings. The first-order chi connectivity index (χ1) is 28.3. The van der Waals surface area contributed by atoms with Crippen LogP contribution in [0.5, 0.6) is 0 Å². The SMILES string of the molecule is CC(C)(C)c1cc(C(C)(C)C)c2c(c1)c1c3c4cc(-c5ccncc5)ccc4n4c5c(C(C)(C)C)cc(C(C)(C)C)cc5c(c5c6cc(-c7ccncc7)ccc6n2c51)c34. The molecule has 0 amide bonds. The second-order valence-electron chi connectivity index (χ2n) is 21.6. The Bertz CT molecular complexity index is 3300. The molecule has 6 heterocycles. The molecule has 0 spiro atoms. The van der Waals surface area contributed by atoms with E-state index in [9.17, 15) is 0 Å². The fourth-order valence-corrected chi connectivity index (χ4v) is 10.4. The quantitative estimate of drug-likeness (QED) is 0.175. The second-order valence-corrected chi connectivity index (χ2v) is 21.6. The highest BCUT2D eigenvalue weighted by molar-refractivity contribution is 6.45. The zero-order valence-electron chi connectivity index (χ0n) is 37.2. The number of hydrogen-bond donors (Lipinski definition) is 0. The Morgan fingerprint density at radius 1 is 0.333 bits per heavy atom. The lowest BCUT2D eigenvalue weighted by Crippen LogP contribution is -2.17. The van der Waals surface area contributed by atoms with Gasteiger partial charge in [0, 0.05) is 67.9 Å². The standard InChI is InChI=1S/C56H54N4/c1-53(2,3)35-27-39-47-45-37-25-33(31-17-21-57-22-18-31)14-16-44(37)60-50-40(28-36(54(4,5)6)30-42(50)56(10,11)12)48(52(45)60)46-38-26-34(32-19-23-58-24-20-32)13-15-43(38)59(51(46)47)49(39)41(29-35)55(7,8)9/h13-30H,1-12H3. The molecule has 11 rings (SSSR count). The van der Waals surface area contributed by atoms with Crippen LogP contribution in [0.1, 0.15) is 105 Å². The summed E-state index contributed by atoms with van der Waals surface area (Å²) < 4.78 is 5.33. The zero-order valence-corrected chi connectivity index (χ0v) is 37.2. The van der Waals surface area contributed by atoms with Crippen LogP contribution in [0.4, 0.5) is 0 Å². The van der Waals surface area contributed by atoms with Crippen molar-refractivity contribution in [1.82, 2.24) is 18.8 Å². The number of benzene rings is 5. The first-order valence-electron chi connectivity index (χ1n) is 21.6. The van der Waals surface area contributed by atoms with Gasteiger partial charge in [-0.1, -0.05) is 107 Å². The molecular formula is C56H54N4. The molecule has 0 aliphatic rings. The van der Waals surface area contributed by atoms with Crippen LogP contribution in [0.25, 0.3) is 98.4 Å². The maximum absolute atomic E-state index is 4.38. The Hall–Kier alpha value is -6.00. The van der Waals surface area contributed by atoms with E-state index in [-0.39, 0.29) is 21.7 Å². The third-order valence-electron chi connectivity index (χ3n) is 13.5. The minimum atomic E-state index is -0.107. The van der Waals surface area contributed by atoms with Crippen molar-refractivity contribution < 1.29 is 0 Å². The van der Waals surface area contributed by atoms with Crippen molar-refractivity contribution in [1.29, 1.82) is 0 Å². The average molecular weight is 783 g/mol. The van der Waals surface area contributed by atoms with Gasteiger partial charge < -0.3 is 8.80 Å². The van der Waals surface area contributed by atoms with Crippen molar-refractivity contribution >= 4 is 76.2 Å². The molecule has 5 aromatic carbocycles. The van der Waals surface area contributed by atoms with E-state index < -0.39 is 0 Å². The van der Waals surface area contributed by atoms with E-state index >= 15 is 0 Å². The lowest BCUT2D eigenvalue weighted by molar-refractivity contribution is 0.571. The van der Waals surface area contributed by atoms with Gasteiger partial charge in [-0.25, -0.2) is 0 Å². The molecule has 0 unspecified atom stereocenters. The molecule has 0 aliphatic carbocycles. The van der Waals surface area contributed by atoms with Crippen LogP contribution in [0.2, 0.25) is 0 Å². The molecule has 0 bridgehead atoms. The van der Waals surface area contributed by atoms with Gasteiger partial charge in [-0.3, -0.25) is 9.97 Å². The highest BCUT2D eigenvalue weighted by Crippen LogP contribution is 2.55. The fraction of sp³-hybridized carbons (Fsp3) is 0.286. The molecule has 4 nitrogen and oxygen atoms in total. The molecule has 0 radical (unpaired) electrons. The Morgan fingerprint density at radius 3 is 1.02 bits per heavy atom. The summed E-state index contributed by atoms with van der Waals surface area (Å²) in [5, 5.41) is 10.7. The molecule has 0 fully saturated rings. The maximum atomic E-state index is 4.38. The van der Waals surface area contributed by atoms with Gasteiger partial charge >= 0.3 is 0 Å². The molecule has 0 aliphatic heterocycles. The van der Waals surface area contributed by atoms with Crippen LogP contribution in [0.3, 0.4) is 0 Å². The summed E-state index contributed by atoms with van der Waals surface area (Å²) in [6.45, 7) is 28.5. The summed E-state index contributed by atoms with van der Waals surface area (Å²) in [6.07, 6.45) is 7.62. The number of hydrogen-bond acceptors (Lipinski definition) is 2. The Morgan fingerprint density at radius 2 is 0.683 bits per heavy atom. The third-order valence-corrected chi connectivity index (χ3v) is 13.5. The van der Waals surface area contributed by atoms with Crippen LogP contribution in [-0.4, -0.2) is 18.8 Å². The first-order valence-corrected chi connectivity index (χ1v) is 21.6. The van der Waals surface area contributed by atoms with Gasteiger partial charge in [0.05, 0.1) is 33.1 Å². The minimum absolute atomic E-state index is 0.0381. The van der Waals surface area contributed by atoms with Gasteiger partial charge in [0.15, 0.2) is 0 Å². The number of aromatic nitrogens is 4. The Balaban J connectivity index is 1.51. The normalized spacial score (nSPS) is 13.7. The predicted molar refractivity (Wildman–Crippen MR) is 257 cm³/mol. The second kappa shape index (κ2) is 11.8. The van der Waals surface area contributed by atoms with Crippen LogP contribution >= 0.6 is 0 Å². The molecule has 0 N–H and O–H groups in total. The van der Waals surface area contributed by atoms with Crippen molar-refractivity contribution in [2.45, 2.75) is 105 Å². The Labute approximate surface area is 352 Å². The summed E-state index contributed by atoms with van der Waals surface area (Å²) in [5.41, 5.74) is 17.8. The van der Waals surface area contributed by atoms with Crippen LogP contribution in [0, 0.1) is 0 Å². The number of nitrogens with zero attached hydrogens (tertiary/aromatic N) is 4. The highest BCUT2D eigenvalue weighted by Gasteiger charge is 2.34. The van der Waals surface area contributed by atoms with Gasteiger partial charge in [0.1, 0.15) is 0 Å². The molecule has 4 heteroatoms. The van der Waals surface area contributed by atoms with Crippen molar-refractivity contribution in [2.24, 2.45) is 0 Å². The van der Waals surface area contributed by atoms with E-state index in [1.165, 1.54) is 121 Å². The highest BCUT2D eigenvalue weighted by atomic mass is 15.0. The van der Waals surface area contributed by atoms with Crippen LogP contribution < -0.4 is 0 Å². The van der Waals surface area contributed by atoms with E-state index in [0.29, 0.717) is 0 Å². The summed E-state index contributed by atoms with van der Waals surface area (Å²) in [6, 6.07) is 33.0. The summed E-state index contributed by atoms with van der Waals surface area (Å²) in [7, 11) is 0. The molecule has 0 atom stereocenters. The number of rotatable bonds is 2. The first kappa shape index (κ1) is 37.0. The predicted octanol–water partition coefficient (Wildman–Crippen LogP) is 15.3. The fourth-order valence-electron chi connectivity index (χ4n) is 10.4. The molecule has 0 saturated carbocycles. The van der Waals surface area contributed by atoms with Gasteiger partial charge in [0.25, 0.3) is 0 Å². The molecule has 60 heavy (non-hydrogen) atoms. The van der Waals surface area contributed by atoms with Crippen molar-refractivity contribution in [3.63, 3.8) is 0 Å². The van der Waals surface area contributed by atoms with E-state index in [4.69, 9.17) is 0 Å². The van der Waals surface area contributed by atoms with Gasteiger partial charge in [-0.05, 0) is 127 Å². The topological polar surface area (TPSA) is 34.6 Å². The lowest BCUT2D eigenvalue weighted by Gasteiger charge is -2.26. The van der Waals surface area contributed by atoms with E-state index in [1.807, 2.05) is 24.8 Å². The summed E-state index contributed by atoms with van der Waals surface area (Å²) in [4.78, 5) is 8.75. The summed E-state index contributed by atoms with van der Waals surface area (Å²) in [5.74, 6) is 0. The minimum Gasteiger partial charge on any atom is -0.308 e. The molecular weight excluding hydrogens is 729 g/mol. The van der Waals surface area contributed by atoms with Gasteiger partial charge in [0.2, 0.25) is 0 Å². The van der Waals surface area contributed by atoms with Crippen molar-refractivity contribution in [2.75, 3.05) is 0 Å².